The molecular weight excluding hydrogens is 206 g/mol. The normalized spacial score (nSPS) is 10.2. The van der Waals surface area contributed by atoms with Crippen LogP contribution in [-0.4, -0.2) is 15.9 Å². The monoisotopic (exact) mass is 211 g/mol. The van der Waals surface area contributed by atoms with Crippen molar-refractivity contribution >= 4 is 28.6 Å². The van der Waals surface area contributed by atoms with Crippen molar-refractivity contribution < 1.29 is 4.79 Å². The molecule has 2 rings (SSSR count). The van der Waals surface area contributed by atoms with Gasteiger partial charge in [-0.2, -0.15) is 0 Å². The molecule has 0 spiro atoms. The number of carbonyl (C=O) groups is 1. The van der Waals surface area contributed by atoms with Crippen LogP contribution in [0, 0.1) is 0 Å². The van der Waals surface area contributed by atoms with E-state index in [4.69, 9.17) is 5.73 Å². The van der Waals surface area contributed by atoms with Crippen LogP contribution in [0.3, 0.4) is 0 Å². The van der Waals surface area contributed by atoms with Crippen molar-refractivity contribution in [2.45, 2.75) is 0 Å². The van der Waals surface area contributed by atoms with E-state index in [0.29, 0.717) is 5.69 Å². The summed E-state index contributed by atoms with van der Waals surface area (Å²) in [5.74, 6) is -0.502. The number of rotatable bonds is 2. The quantitative estimate of drug-likeness (QED) is 0.815. The lowest BCUT2D eigenvalue weighted by Gasteiger charge is -1.85. The van der Waals surface area contributed by atoms with Crippen molar-refractivity contribution in [3.05, 3.63) is 22.0 Å². The second-order valence-electron chi connectivity index (χ2n) is 2.28. The number of aromatic nitrogens is 2. The van der Waals surface area contributed by atoms with Gasteiger partial charge in [-0.3, -0.25) is 4.79 Å². The fraction of sp³-hybridized carbons (Fsp3) is 0. The molecule has 2 N–H and O–H groups in total. The molecule has 0 unspecified atom stereocenters. The highest BCUT2D eigenvalue weighted by Gasteiger charge is 2.09. The molecule has 2 aromatic heterocycles. The highest BCUT2D eigenvalue weighted by molar-refractivity contribution is 7.14. The predicted molar refractivity (Wildman–Crippen MR) is 51.7 cm³/mol. The van der Waals surface area contributed by atoms with E-state index in [0.717, 1.165) is 10.7 Å². The van der Waals surface area contributed by atoms with Crippen LogP contribution in [0.2, 0.25) is 0 Å². The summed E-state index contributed by atoms with van der Waals surface area (Å²) in [6, 6.07) is 0. The van der Waals surface area contributed by atoms with Crippen molar-refractivity contribution in [2.75, 3.05) is 0 Å². The number of thiazole rings is 2. The summed E-state index contributed by atoms with van der Waals surface area (Å²) >= 11 is 2.86. The smallest absolute Gasteiger partial charge is 0.268 e. The van der Waals surface area contributed by atoms with Crippen LogP contribution in [0.15, 0.2) is 16.3 Å². The Bertz CT molecular complexity index is 421. The van der Waals surface area contributed by atoms with Crippen molar-refractivity contribution in [3.8, 4) is 10.7 Å². The molecular formula is C7H5N3OS2. The first-order chi connectivity index (χ1) is 6.27. The molecule has 0 aliphatic rings. The van der Waals surface area contributed by atoms with Gasteiger partial charge in [0.05, 0.1) is 5.51 Å². The highest BCUT2D eigenvalue weighted by Crippen LogP contribution is 2.22. The van der Waals surface area contributed by atoms with Gasteiger partial charge in [-0.25, -0.2) is 9.97 Å². The summed E-state index contributed by atoms with van der Waals surface area (Å²) in [5.41, 5.74) is 7.88. The van der Waals surface area contributed by atoms with Gasteiger partial charge in [0.1, 0.15) is 16.4 Å². The second-order valence-corrected chi connectivity index (χ2v) is 3.85. The Kier molecular flexibility index (Phi) is 2.07. The van der Waals surface area contributed by atoms with E-state index < -0.39 is 5.91 Å². The molecule has 0 aromatic carbocycles. The van der Waals surface area contributed by atoms with Crippen LogP contribution in [0.5, 0.6) is 0 Å². The average molecular weight is 211 g/mol. The maximum atomic E-state index is 10.7. The van der Waals surface area contributed by atoms with Crippen molar-refractivity contribution in [2.24, 2.45) is 5.73 Å². The first kappa shape index (κ1) is 8.33. The Morgan fingerprint density at radius 2 is 2.31 bits per heavy atom. The molecule has 4 nitrogen and oxygen atoms in total. The predicted octanol–water partition coefficient (Wildman–Crippen LogP) is 1.37. The lowest BCUT2D eigenvalue weighted by molar-refractivity contribution is 0.0996. The van der Waals surface area contributed by atoms with Crippen LogP contribution in [0.25, 0.3) is 10.7 Å². The van der Waals surface area contributed by atoms with Crippen molar-refractivity contribution in [1.82, 2.24) is 9.97 Å². The van der Waals surface area contributed by atoms with Gasteiger partial charge in [0.2, 0.25) is 0 Å². The first-order valence-corrected chi connectivity index (χ1v) is 5.23. The number of hydrogen-bond acceptors (Lipinski definition) is 5. The van der Waals surface area contributed by atoms with E-state index >= 15 is 0 Å². The van der Waals surface area contributed by atoms with Gasteiger partial charge in [-0.05, 0) is 0 Å². The fourth-order valence-corrected chi connectivity index (χ4v) is 2.21. The Balaban J connectivity index is 2.39. The fourth-order valence-electron chi connectivity index (χ4n) is 0.823. The number of carbonyl (C=O) groups excluding carboxylic acids is 1. The number of nitrogens with two attached hydrogens (primary N) is 1. The van der Waals surface area contributed by atoms with Gasteiger partial charge >= 0.3 is 0 Å². The van der Waals surface area contributed by atoms with E-state index in [-0.39, 0.29) is 0 Å². The van der Waals surface area contributed by atoms with Crippen LogP contribution in [0.1, 0.15) is 10.5 Å². The maximum absolute atomic E-state index is 10.7. The first-order valence-electron chi connectivity index (χ1n) is 3.41. The number of primary amides is 1. The lowest BCUT2D eigenvalue weighted by Crippen LogP contribution is -2.10. The van der Waals surface area contributed by atoms with Crippen molar-refractivity contribution in [3.63, 3.8) is 0 Å². The molecule has 0 bridgehead atoms. The minimum atomic E-state index is -0.502. The summed E-state index contributed by atoms with van der Waals surface area (Å²) in [5, 5.41) is 4.25. The van der Waals surface area contributed by atoms with E-state index in [1.54, 1.807) is 10.9 Å². The van der Waals surface area contributed by atoms with Crippen molar-refractivity contribution in [1.29, 1.82) is 0 Å². The zero-order valence-electron chi connectivity index (χ0n) is 6.43. The molecule has 0 aliphatic heterocycles. The van der Waals surface area contributed by atoms with Gasteiger partial charge in [0.15, 0.2) is 0 Å². The molecule has 0 saturated heterocycles. The highest BCUT2D eigenvalue weighted by atomic mass is 32.1. The van der Waals surface area contributed by atoms with Crippen LogP contribution in [-0.2, 0) is 0 Å². The Morgan fingerprint density at radius 3 is 2.85 bits per heavy atom. The standard InChI is InChI=1S/C7H5N3OS2/c8-6(11)4-2-13-7(10-4)5-1-12-3-9-5/h1-3H,(H2,8,11). The lowest BCUT2D eigenvalue weighted by atomic mass is 10.4. The zero-order valence-corrected chi connectivity index (χ0v) is 8.06. The molecule has 2 heterocycles. The van der Waals surface area contributed by atoms with E-state index in [2.05, 4.69) is 9.97 Å². The second kappa shape index (κ2) is 3.23. The number of hydrogen-bond donors (Lipinski definition) is 1. The van der Waals surface area contributed by atoms with E-state index in [9.17, 15) is 4.79 Å². The minimum absolute atomic E-state index is 0.299. The van der Waals surface area contributed by atoms with Gasteiger partial charge in [-0.15, -0.1) is 22.7 Å². The summed E-state index contributed by atoms with van der Waals surface area (Å²) in [4.78, 5) is 18.8. The summed E-state index contributed by atoms with van der Waals surface area (Å²) in [7, 11) is 0. The topological polar surface area (TPSA) is 68.9 Å². The molecule has 1 amide bonds. The van der Waals surface area contributed by atoms with Crippen LogP contribution >= 0.6 is 22.7 Å². The third-order valence-electron chi connectivity index (χ3n) is 1.41. The largest absolute Gasteiger partial charge is 0.364 e. The summed E-state index contributed by atoms with van der Waals surface area (Å²) in [6.07, 6.45) is 0. The third kappa shape index (κ3) is 1.58. The SMILES string of the molecule is NC(=O)c1csc(-c2cscn2)n1. The number of amides is 1. The van der Waals surface area contributed by atoms with Crippen LogP contribution in [0.4, 0.5) is 0 Å². The average Bonchev–Trinajstić information content (AvgIpc) is 2.75. The molecule has 0 fully saturated rings. The van der Waals surface area contributed by atoms with Gasteiger partial charge in [0.25, 0.3) is 5.91 Å². The zero-order chi connectivity index (χ0) is 9.26. The van der Waals surface area contributed by atoms with Gasteiger partial charge < -0.3 is 5.73 Å². The summed E-state index contributed by atoms with van der Waals surface area (Å²) < 4.78 is 0. The molecule has 6 heteroatoms. The maximum Gasteiger partial charge on any atom is 0.268 e. The van der Waals surface area contributed by atoms with E-state index in [1.807, 2.05) is 5.38 Å². The molecule has 0 aliphatic carbocycles. The Morgan fingerprint density at radius 1 is 1.46 bits per heavy atom. The molecule has 2 aromatic rings. The minimum Gasteiger partial charge on any atom is -0.364 e. The van der Waals surface area contributed by atoms with E-state index in [1.165, 1.54) is 22.7 Å². The summed E-state index contributed by atoms with van der Waals surface area (Å²) in [6.45, 7) is 0. The number of nitrogens with zero attached hydrogens (tertiary/aromatic N) is 2. The Hall–Kier alpha value is -1.27. The Labute approximate surface area is 82.1 Å². The molecule has 0 atom stereocenters. The molecule has 13 heavy (non-hydrogen) atoms. The molecule has 66 valence electrons. The van der Waals surface area contributed by atoms with Crippen LogP contribution < -0.4 is 5.73 Å². The molecule has 0 saturated carbocycles. The third-order valence-corrected chi connectivity index (χ3v) is 2.86. The van der Waals surface area contributed by atoms with Gasteiger partial charge in [0, 0.05) is 10.8 Å². The van der Waals surface area contributed by atoms with Gasteiger partial charge in [-0.1, -0.05) is 0 Å². The molecule has 0 radical (unpaired) electrons.